The zero-order valence-corrected chi connectivity index (χ0v) is 12.3. The normalized spacial score (nSPS) is 12.3. The minimum Gasteiger partial charge on any atom is -0.326 e. The summed E-state index contributed by atoms with van der Waals surface area (Å²) in [4.78, 5) is 4.76. The van der Waals surface area contributed by atoms with Crippen molar-refractivity contribution in [1.29, 1.82) is 0 Å². The van der Waals surface area contributed by atoms with E-state index in [-0.39, 0.29) is 5.54 Å². The van der Waals surface area contributed by atoms with Gasteiger partial charge in [0.1, 0.15) is 5.82 Å². The molecule has 0 fully saturated rings. The van der Waals surface area contributed by atoms with E-state index in [0.717, 1.165) is 22.7 Å². The Kier molecular flexibility index (Phi) is 3.69. The first-order chi connectivity index (χ1) is 8.47. The Morgan fingerprint density at radius 1 is 1.33 bits per heavy atom. The third kappa shape index (κ3) is 2.40. The molecule has 2 rings (SSSR count). The summed E-state index contributed by atoms with van der Waals surface area (Å²) in [5, 5.41) is 0. The second-order valence-electron chi connectivity index (χ2n) is 5.49. The Labute approximate surface area is 113 Å². The van der Waals surface area contributed by atoms with Crippen molar-refractivity contribution in [2.45, 2.75) is 38.6 Å². The first kappa shape index (κ1) is 13.4. The maximum Gasteiger partial charge on any atom is 0.120 e. The van der Waals surface area contributed by atoms with Crippen molar-refractivity contribution >= 4 is 22.8 Å². The fourth-order valence-corrected chi connectivity index (χ4v) is 2.73. The van der Waals surface area contributed by atoms with Crippen molar-refractivity contribution in [3.05, 3.63) is 29.6 Å². The summed E-state index contributed by atoms with van der Waals surface area (Å²) >= 11 is 1.80. The third-order valence-corrected chi connectivity index (χ3v) is 3.52. The summed E-state index contributed by atoms with van der Waals surface area (Å²) in [7, 11) is 0. The van der Waals surface area contributed by atoms with Gasteiger partial charge in [-0.05, 0) is 44.7 Å². The molecule has 0 bridgehead atoms. The fourth-order valence-electron chi connectivity index (χ4n) is 2.28. The fraction of sp³-hybridized carbons (Fsp3) is 0.500. The third-order valence-electron chi connectivity index (χ3n) is 2.97. The van der Waals surface area contributed by atoms with Gasteiger partial charge in [0.15, 0.2) is 0 Å². The average Bonchev–Trinajstić information content (AvgIpc) is 2.65. The van der Waals surface area contributed by atoms with Gasteiger partial charge >= 0.3 is 0 Å². The zero-order chi connectivity index (χ0) is 13.3. The standard InChI is InChI=1S/C14H21N3S/c1-14(2,3)17-12-6-5-10(8-15)7-11(12)16-13(17)9-18-4/h5-7H,8-9,15H2,1-4H3. The second kappa shape index (κ2) is 4.94. The van der Waals surface area contributed by atoms with Crippen LogP contribution in [0.1, 0.15) is 32.2 Å². The van der Waals surface area contributed by atoms with E-state index in [2.05, 4.69) is 49.8 Å². The van der Waals surface area contributed by atoms with Crippen LogP contribution in [0.3, 0.4) is 0 Å². The summed E-state index contributed by atoms with van der Waals surface area (Å²) in [5.74, 6) is 2.07. The topological polar surface area (TPSA) is 43.8 Å². The van der Waals surface area contributed by atoms with E-state index in [9.17, 15) is 0 Å². The minimum absolute atomic E-state index is 0.0457. The predicted octanol–water partition coefficient (Wildman–Crippen LogP) is 3.11. The zero-order valence-electron chi connectivity index (χ0n) is 11.5. The van der Waals surface area contributed by atoms with Gasteiger partial charge in [0.25, 0.3) is 0 Å². The lowest BCUT2D eigenvalue weighted by Gasteiger charge is -2.24. The molecule has 3 nitrogen and oxygen atoms in total. The molecule has 0 aliphatic heterocycles. The van der Waals surface area contributed by atoms with Gasteiger partial charge in [0.2, 0.25) is 0 Å². The number of rotatable bonds is 3. The second-order valence-corrected chi connectivity index (χ2v) is 6.36. The van der Waals surface area contributed by atoms with Crippen molar-refractivity contribution < 1.29 is 0 Å². The Morgan fingerprint density at radius 3 is 2.61 bits per heavy atom. The van der Waals surface area contributed by atoms with Crippen molar-refractivity contribution in [3.8, 4) is 0 Å². The molecular formula is C14H21N3S. The van der Waals surface area contributed by atoms with E-state index in [1.807, 2.05) is 0 Å². The molecule has 0 radical (unpaired) electrons. The predicted molar refractivity (Wildman–Crippen MR) is 79.8 cm³/mol. The van der Waals surface area contributed by atoms with Crippen LogP contribution < -0.4 is 5.73 Å². The van der Waals surface area contributed by atoms with Crippen LogP contribution in [0.5, 0.6) is 0 Å². The molecule has 0 amide bonds. The molecule has 0 saturated heterocycles. The van der Waals surface area contributed by atoms with E-state index in [1.165, 1.54) is 5.52 Å². The van der Waals surface area contributed by atoms with Gasteiger partial charge in [0, 0.05) is 12.1 Å². The van der Waals surface area contributed by atoms with Crippen LogP contribution in [0, 0.1) is 0 Å². The molecule has 0 aliphatic rings. The summed E-state index contributed by atoms with van der Waals surface area (Å²) in [6.45, 7) is 7.22. The lowest BCUT2D eigenvalue weighted by atomic mass is 10.1. The molecule has 0 aliphatic carbocycles. The Hall–Kier alpha value is -1.00. The highest BCUT2D eigenvalue weighted by atomic mass is 32.2. The molecule has 1 heterocycles. The van der Waals surface area contributed by atoms with Gasteiger partial charge in [-0.2, -0.15) is 11.8 Å². The largest absolute Gasteiger partial charge is 0.326 e. The van der Waals surface area contributed by atoms with Crippen LogP contribution in [0.25, 0.3) is 11.0 Å². The van der Waals surface area contributed by atoms with Crippen molar-refractivity contribution in [2.75, 3.05) is 6.26 Å². The van der Waals surface area contributed by atoms with Gasteiger partial charge in [-0.25, -0.2) is 4.98 Å². The molecule has 0 spiro atoms. The van der Waals surface area contributed by atoms with Crippen LogP contribution in [0.2, 0.25) is 0 Å². The molecule has 1 aromatic carbocycles. The molecular weight excluding hydrogens is 242 g/mol. The molecule has 98 valence electrons. The van der Waals surface area contributed by atoms with E-state index < -0.39 is 0 Å². The van der Waals surface area contributed by atoms with E-state index in [0.29, 0.717) is 6.54 Å². The summed E-state index contributed by atoms with van der Waals surface area (Å²) in [6.07, 6.45) is 2.11. The first-order valence-electron chi connectivity index (χ1n) is 6.17. The van der Waals surface area contributed by atoms with Crippen LogP contribution in [0.15, 0.2) is 18.2 Å². The van der Waals surface area contributed by atoms with Crippen molar-refractivity contribution in [2.24, 2.45) is 5.73 Å². The Balaban J connectivity index is 2.67. The van der Waals surface area contributed by atoms with Crippen molar-refractivity contribution in [1.82, 2.24) is 9.55 Å². The number of aromatic nitrogens is 2. The lowest BCUT2D eigenvalue weighted by Crippen LogP contribution is -2.23. The van der Waals surface area contributed by atoms with Crippen LogP contribution in [-0.4, -0.2) is 15.8 Å². The molecule has 0 unspecified atom stereocenters. The molecule has 0 atom stereocenters. The molecule has 4 heteroatoms. The number of thioether (sulfide) groups is 1. The maximum absolute atomic E-state index is 5.69. The Bertz CT molecular complexity index is 552. The number of nitrogens with two attached hydrogens (primary N) is 1. The smallest absolute Gasteiger partial charge is 0.120 e. The maximum atomic E-state index is 5.69. The number of imidazole rings is 1. The number of hydrogen-bond acceptors (Lipinski definition) is 3. The summed E-state index contributed by atoms with van der Waals surface area (Å²) < 4.78 is 2.33. The van der Waals surface area contributed by atoms with Crippen LogP contribution in [-0.2, 0) is 17.8 Å². The SMILES string of the molecule is CSCc1nc2cc(CN)ccc2n1C(C)(C)C. The van der Waals surface area contributed by atoms with Crippen LogP contribution >= 0.6 is 11.8 Å². The highest BCUT2D eigenvalue weighted by Crippen LogP contribution is 2.27. The quantitative estimate of drug-likeness (QED) is 0.925. The minimum atomic E-state index is 0.0457. The summed E-state index contributed by atoms with van der Waals surface area (Å²) in [5.41, 5.74) is 9.12. The van der Waals surface area contributed by atoms with Gasteiger partial charge in [-0.1, -0.05) is 6.07 Å². The highest BCUT2D eigenvalue weighted by molar-refractivity contribution is 7.97. The molecule has 2 N–H and O–H groups in total. The Morgan fingerprint density at radius 2 is 2.06 bits per heavy atom. The number of nitrogens with zero attached hydrogens (tertiary/aromatic N) is 2. The summed E-state index contributed by atoms with van der Waals surface area (Å²) in [6, 6.07) is 6.33. The number of fused-ring (bicyclic) bond motifs is 1. The average molecular weight is 263 g/mol. The molecule has 18 heavy (non-hydrogen) atoms. The van der Waals surface area contributed by atoms with Crippen LogP contribution in [0.4, 0.5) is 0 Å². The first-order valence-corrected chi connectivity index (χ1v) is 7.56. The van der Waals surface area contributed by atoms with E-state index in [1.54, 1.807) is 11.8 Å². The number of hydrogen-bond donors (Lipinski definition) is 1. The lowest BCUT2D eigenvalue weighted by molar-refractivity contribution is 0.399. The van der Waals surface area contributed by atoms with E-state index in [4.69, 9.17) is 10.7 Å². The van der Waals surface area contributed by atoms with E-state index >= 15 is 0 Å². The molecule has 1 aromatic heterocycles. The van der Waals surface area contributed by atoms with Gasteiger partial charge < -0.3 is 10.3 Å². The monoisotopic (exact) mass is 263 g/mol. The van der Waals surface area contributed by atoms with Gasteiger partial charge in [-0.3, -0.25) is 0 Å². The molecule has 2 aromatic rings. The van der Waals surface area contributed by atoms with Crippen molar-refractivity contribution in [3.63, 3.8) is 0 Å². The van der Waals surface area contributed by atoms with Gasteiger partial charge in [-0.15, -0.1) is 0 Å². The number of benzene rings is 1. The molecule has 0 saturated carbocycles. The van der Waals surface area contributed by atoms with Gasteiger partial charge in [0.05, 0.1) is 16.8 Å². The highest BCUT2D eigenvalue weighted by Gasteiger charge is 2.21.